The average Bonchev–Trinajstić information content (AvgIpc) is 2.49. The molecule has 0 aliphatic carbocycles. The highest BCUT2D eigenvalue weighted by Gasteiger charge is 2.22. The smallest absolute Gasteiger partial charge is 0.326 e. The number of hydrogen-bond acceptors (Lipinski definition) is 3. The molecule has 2 aromatic rings. The molecule has 0 radical (unpaired) electrons. The van der Waals surface area contributed by atoms with Crippen LogP contribution in [-0.4, -0.2) is 22.9 Å². The van der Waals surface area contributed by atoms with Crippen molar-refractivity contribution in [3.8, 4) is 0 Å². The Labute approximate surface area is 137 Å². The molecule has 0 heterocycles. The van der Waals surface area contributed by atoms with Gasteiger partial charge in [-0.05, 0) is 18.2 Å². The van der Waals surface area contributed by atoms with Crippen molar-refractivity contribution >= 4 is 40.6 Å². The molecule has 2 rings (SSSR count). The molecule has 0 fully saturated rings. The minimum atomic E-state index is -1.13. The second-order valence-corrected chi connectivity index (χ2v) is 5.50. The summed E-state index contributed by atoms with van der Waals surface area (Å²) in [4.78, 5) is 23.5. The van der Waals surface area contributed by atoms with E-state index in [0.717, 1.165) is 0 Å². The van der Waals surface area contributed by atoms with Crippen molar-refractivity contribution in [3.05, 3.63) is 64.1 Å². The van der Waals surface area contributed by atoms with Crippen molar-refractivity contribution in [2.24, 2.45) is 0 Å². The fourth-order valence-electron chi connectivity index (χ4n) is 1.92. The maximum atomic E-state index is 12.1. The zero-order chi connectivity index (χ0) is 16.1. The van der Waals surface area contributed by atoms with Gasteiger partial charge in [0, 0.05) is 17.0 Å². The van der Waals surface area contributed by atoms with Crippen molar-refractivity contribution in [1.29, 1.82) is 0 Å². The van der Waals surface area contributed by atoms with Gasteiger partial charge in [0.2, 0.25) is 0 Å². The Kier molecular flexibility index (Phi) is 5.41. The van der Waals surface area contributed by atoms with Crippen LogP contribution in [0.1, 0.15) is 16.8 Å². The van der Waals surface area contributed by atoms with Crippen LogP contribution in [0.5, 0.6) is 0 Å². The highest BCUT2D eigenvalue weighted by molar-refractivity contribution is 6.36. The molecule has 2 N–H and O–H groups in total. The van der Waals surface area contributed by atoms with E-state index in [1.54, 1.807) is 42.5 Å². The van der Waals surface area contributed by atoms with E-state index in [0.29, 0.717) is 21.3 Å². The van der Waals surface area contributed by atoms with E-state index >= 15 is 0 Å². The Morgan fingerprint density at radius 2 is 1.77 bits per heavy atom. The molecule has 0 aliphatic rings. The first kappa shape index (κ1) is 16.3. The van der Waals surface area contributed by atoms with Gasteiger partial charge in [-0.15, -0.1) is 0 Å². The summed E-state index contributed by atoms with van der Waals surface area (Å²) in [5.41, 5.74) is 0.886. The van der Waals surface area contributed by atoms with E-state index in [1.807, 2.05) is 0 Å². The number of anilines is 1. The number of hydrogen-bond donors (Lipinski definition) is 2. The quantitative estimate of drug-likeness (QED) is 0.777. The molecule has 0 aromatic heterocycles. The number of Topliss-reactive ketones (excluding diaryl/α,β-unsaturated/α-hetero) is 1. The molecule has 1 atom stereocenters. The first-order valence-electron chi connectivity index (χ1n) is 6.50. The summed E-state index contributed by atoms with van der Waals surface area (Å²) in [6, 6.07) is 12.1. The van der Waals surface area contributed by atoms with Gasteiger partial charge in [0.05, 0.1) is 10.7 Å². The molecule has 0 aliphatic heterocycles. The third kappa shape index (κ3) is 4.23. The van der Waals surface area contributed by atoms with Gasteiger partial charge in [0.25, 0.3) is 0 Å². The number of nitrogens with one attached hydrogen (secondary N) is 1. The number of aliphatic carboxylic acids is 1. The molecule has 0 bridgehead atoms. The molecular weight excluding hydrogens is 325 g/mol. The minimum absolute atomic E-state index is 0.182. The van der Waals surface area contributed by atoms with Gasteiger partial charge in [0.1, 0.15) is 6.04 Å². The fraction of sp³-hybridized carbons (Fsp3) is 0.125. The largest absolute Gasteiger partial charge is 0.480 e. The van der Waals surface area contributed by atoms with Crippen molar-refractivity contribution in [2.75, 3.05) is 5.32 Å². The van der Waals surface area contributed by atoms with Crippen LogP contribution < -0.4 is 5.32 Å². The van der Waals surface area contributed by atoms with Crippen LogP contribution in [0.25, 0.3) is 0 Å². The molecule has 0 unspecified atom stereocenters. The standard InChI is InChI=1S/C16H13Cl2NO3/c17-11-6-7-13(12(18)8-11)19-14(16(21)22)9-15(20)10-4-2-1-3-5-10/h1-8,14,19H,9H2,(H,21,22)/t14-/m1/s1. The molecule has 22 heavy (non-hydrogen) atoms. The summed E-state index contributed by atoms with van der Waals surface area (Å²) in [5, 5.41) is 12.8. The molecule has 4 nitrogen and oxygen atoms in total. The Morgan fingerprint density at radius 1 is 1.09 bits per heavy atom. The number of rotatable bonds is 6. The maximum Gasteiger partial charge on any atom is 0.326 e. The zero-order valence-electron chi connectivity index (χ0n) is 11.4. The van der Waals surface area contributed by atoms with Crippen LogP contribution in [0, 0.1) is 0 Å². The second kappa shape index (κ2) is 7.29. The Hall–Kier alpha value is -2.04. The lowest BCUT2D eigenvalue weighted by Crippen LogP contribution is -2.32. The molecule has 0 amide bonds. The van der Waals surface area contributed by atoms with Crippen LogP contribution in [0.15, 0.2) is 48.5 Å². The third-order valence-corrected chi connectivity index (χ3v) is 3.59. The highest BCUT2D eigenvalue weighted by atomic mass is 35.5. The van der Waals surface area contributed by atoms with Crippen LogP contribution in [0.2, 0.25) is 10.0 Å². The van der Waals surface area contributed by atoms with Crippen molar-refractivity contribution in [1.82, 2.24) is 0 Å². The molecule has 0 spiro atoms. The Bertz CT molecular complexity index is 689. The lowest BCUT2D eigenvalue weighted by atomic mass is 10.0. The van der Waals surface area contributed by atoms with Gasteiger partial charge in [-0.1, -0.05) is 53.5 Å². The number of halogens is 2. The van der Waals surface area contributed by atoms with Crippen LogP contribution in [0.4, 0.5) is 5.69 Å². The molecule has 2 aromatic carbocycles. The number of carbonyl (C=O) groups is 2. The summed E-state index contributed by atoms with van der Waals surface area (Å²) in [6.45, 7) is 0. The molecule has 0 saturated heterocycles. The SMILES string of the molecule is O=C(C[C@@H](Nc1ccc(Cl)cc1Cl)C(=O)O)c1ccccc1. The Balaban J connectivity index is 2.14. The Morgan fingerprint density at radius 3 is 2.36 bits per heavy atom. The van der Waals surface area contributed by atoms with Gasteiger partial charge in [0.15, 0.2) is 5.78 Å². The molecule has 6 heteroatoms. The predicted molar refractivity (Wildman–Crippen MR) is 86.9 cm³/mol. The first-order valence-corrected chi connectivity index (χ1v) is 7.25. The van der Waals surface area contributed by atoms with Crippen LogP contribution in [-0.2, 0) is 4.79 Å². The van der Waals surface area contributed by atoms with E-state index in [1.165, 1.54) is 6.07 Å². The lowest BCUT2D eigenvalue weighted by molar-refractivity contribution is -0.137. The highest BCUT2D eigenvalue weighted by Crippen LogP contribution is 2.26. The van der Waals surface area contributed by atoms with Crippen molar-refractivity contribution < 1.29 is 14.7 Å². The predicted octanol–water partition coefficient (Wildman–Crippen LogP) is 4.13. The topological polar surface area (TPSA) is 66.4 Å². The molecule has 0 saturated carbocycles. The van der Waals surface area contributed by atoms with E-state index < -0.39 is 12.0 Å². The summed E-state index contributed by atoms with van der Waals surface area (Å²) in [6.07, 6.45) is -0.182. The maximum absolute atomic E-state index is 12.1. The van der Waals surface area contributed by atoms with E-state index in [-0.39, 0.29) is 12.2 Å². The first-order chi connectivity index (χ1) is 10.5. The van der Waals surface area contributed by atoms with Gasteiger partial charge in [-0.25, -0.2) is 4.79 Å². The number of carbonyl (C=O) groups excluding carboxylic acids is 1. The number of ketones is 1. The van der Waals surface area contributed by atoms with Crippen LogP contribution in [0.3, 0.4) is 0 Å². The third-order valence-electron chi connectivity index (χ3n) is 3.04. The van der Waals surface area contributed by atoms with E-state index in [9.17, 15) is 14.7 Å². The number of benzene rings is 2. The van der Waals surface area contributed by atoms with Gasteiger partial charge in [-0.3, -0.25) is 4.79 Å². The fourth-order valence-corrected chi connectivity index (χ4v) is 2.38. The summed E-state index contributed by atoms with van der Waals surface area (Å²) < 4.78 is 0. The van der Waals surface area contributed by atoms with Crippen molar-refractivity contribution in [2.45, 2.75) is 12.5 Å². The van der Waals surface area contributed by atoms with E-state index in [2.05, 4.69) is 5.32 Å². The monoisotopic (exact) mass is 337 g/mol. The number of carboxylic acids is 1. The van der Waals surface area contributed by atoms with Crippen molar-refractivity contribution in [3.63, 3.8) is 0 Å². The van der Waals surface area contributed by atoms with E-state index in [4.69, 9.17) is 23.2 Å². The van der Waals surface area contributed by atoms with Gasteiger partial charge in [-0.2, -0.15) is 0 Å². The summed E-state index contributed by atoms with van der Waals surface area (Å²) >= 11 is 11.8. The van der Waals surface area contributed by atoms with Crippen LogP contribution >= 0.6 is 23.2 Å². The number of carboxylic acid groups (broad SMARTS) is 1. The van der Waals surface area contributed by atoms with Gasteiger partial charge < -0.3 is 10.4 Å². The lowest BCUT2D eigenvalue weighted by Gasteiger charge is -2.16. The molecular formula is C16H13Cl2NO3. The minimum Gasteiger partial charge on any atom is -0.480 e. The normalized spacial score (nSPS) is 11.7. The zero-order valence-corrected chi connectivity index (χ0v) is 12.9. The summed E-state index contributed by atoms with van der Waals surface area (Å²) in [7, 11) is 0. The molecule has 114 valence electrons. The summed E-state index contributed by atoms with van der Waals surface area (Å²) in [5.74, 6) is -1.39. The van der Waals surface area contributed by atoms with Gasteiger partial charge >= 0.3 is 5.97 Å². The average molecular weight is 338 g/mol. The second-order valence-electron chi connectivity index (χ2n) is 4.65.